The number of nitrogens with zero attached hydrogens (tertiary/aromatic N) is 1. The second-order valence-electron chi connectivity index (χ2n) is 6.05. The summed E-state index contributed by atoms with van der Waals surface area (Å²) in [6.45, 7) is -0.0253. The summed E-state index contributed by atoms with van der Waals surface area (Å²) >= 11 is 6.15. The molecule has 1 unspecified atom stereocenters. The average molecular weight is 400 g/mol. The molecule has 2 atom stereocenters. The van der Waals surface area contributed by atoms with Crippen LogP contribution in [0.3, 0.4) is 0 Å². The highest BCUT2D eigenvalue weighted by Gasteiger charge is 2.43. The third-order valence-electron chi connectivity index (χ3n) is 4.53. The van der Waals surface area contributed by atoms with E-state index in [1.807, 2.05) is 0 Å². The number of nitrogens with one attached hydrogen (secondary N) is 1. The molecule has 8 nitrogen and oxygen atoms in total. The van der Waals surface area contributed by atoms with Crippen molar-refractivity contribution in [3.8, 4) is 0 Å². The van der Waals surface area contributed by atoms with Crippen molar-refractivity contribution in [2.45, 2.75) is 17.5 Å². The van der Waals surface area contributed by atoms with Crippen molar-refractivity contribution in [1.29, 1.82) is 0 Å². The smallest absolute Gasteiger partial charge is 0.255 e. The van der Waals surface area contributed by atoms with Gasteiger partial charge in [-0.3, -0.25) is 9.59 Å². The number of aromatic amines is 1. The van der Waals surface area contributed by atoms with E-state index in [1.54, 1.807) is 0 Å². The molecule has 0 radical (unpaired) electrons. The van der Waals surface area contributed by atoms with Crippen LogP contribution in [-0.2, 0) is 19.6 Å². The Morgan fingerprint density at radius 2 is 2.19 bits per heavy atom. The maximum Gasteiger partial charge on any atom is 0.255 e. The minimum absolute atomic E-state index is 0.0980. The first-order valence-electron chi connectivity index (χ1n) is 7.88. The van der Waals surface area contributed by atoms with Crippen LogP contribution < -0.4 is 11.3 Å². The molecule has 3 N–H and O–H groups in total. The number of Topliss-reactive ketones (excluding diaryl/α,β-unsaturated/α-hetero) is 1. The zero-order valence-corrected chi connectivity index (χ0v) is 15.5. The first-order chi connectivity index (χ1) is 12.3. The molecule has 0 aliphatic carbocycles. The van der Waals surface area contributed by atoms with Crippen molar-refractivity contribution in [2.24, 2.45) is 11.7 Å². The fraction of sp³-hybridized carbons (Fsp3) is 0.375. The quantitative estimate of drug-likeness (QED) is 0.762. The molecule has 2 aromatic rings. The Balaban J connectivity index is 2.08. The Morgan fingerprint density at radius 1 is 1.46 bits per heavy atom. The van der Waals surface area contributed by atoms with Gasteiger partial charge in [0.15, 0.2) is 5.78 Å². The van der Waals surface area contributed by atoms with Gasteiger partial charge in [0.1, 0.15) is 6.61 Å². The molecule has 0 amide bonds. The van der Waals surface area contributed by atoms with Crippen LogP contribution in [0.5, 0.6) is 0 Å². The van der Waals surface area contributed by atoms with Gasteiger partial charge >= 0.3 is 0 Å². The molecule has 1 fully saturated rings. The van der Waals surface area contributed by atoms with Crippen LogP contribution in [0.4, 0.5) is 0 Å². The number of carbonyl (C=O) groups is 1. The van der Waals surface area contributed by atoms with E-state index in [4.69, 9.17) is 22.1 Å². The van der Waals surface area contributed by atoms with Gasteiger partial charge < -0.3 is 15.5 Å². The lowest BCUT2D eigenvalue weighted by Gasteiger charge is -2.24. The molecular weight excluding hydrogens is 382 g/mol. The van der Waals surface area contributed by atoms with Crippen molar-refractivity contribution in [3.63, 3.8) is 0 Å². The lowest BCUT2D eigenvalue weighted by Crippen LogP contribution is -2.46. The number of ether oxygens (including phenoxy) is 1. The number of H-pyrrole nitrogens is 1. The predicted octanol–water partition coefficient (Wildman–Crippen LogP) is 0.692. The normalized spacial score (nSPS) is 21.3. The predicted molar refractivity (Wildman–Crippen MR) is 96.4 cm³/mol. The number of methoxy groups -OCH3 is 1. The minimum atomic E-state index is -4.06. The summed E-state index contributed by atoms with van der Waals surface area (Å²) in [6.07, 6.45) is 0.556. The monoisotopic (exact) mass is 399 g/mol. The Hall–Kier alpha value is -1.78. The van der Waals surface area contributed by atoms with E-state index in [1.165, 1.54) is 31.5 Å². The number of carbonyl (C=O) groups excluding carboxylic acids is 1. The number of nitrogens with two attached hydrogens (primary N) is 1. The van der Waals surface area contributed by atoms with Gasteiger partial charge in [0.2, 0.25) is 10.0 Å². The molecular formula is C16H18ClN3O5S. The zero-order chi connectivity index (χ0) is 19.1. The standard InChI is InChI=1S/C16H18ClN3O5S/c1-25-8-12(21)9-5-6-20(15(9)18)26(23,24)13-4-2-3-10-14(13)11(17)7-19-16(10)22/h2-4,7,9,15H,5-6,8,18H2,1H3,(H,19,22)/t9?,15-/m1/s1. The topological polar surface area (TPSA) is 123 Å². The lowest BCUT2D eigenvalue weighted by molar-refractivity contribution is -0.127. The van der Waals surface area contributed by atoms with E-state index in [0.717, 1.165) is 4.31 Å². The van der Waals surface area contributed by atoms with Crippen LogP contribution in [0.25, 0.3) is 10.8 Å². The summed E-state index contributed by atoms with van der Waals surface area (Å²) in [5, 5.41) is 0.411. The van der Waals surface area contributed by atoms with E-state index < -0.39 is 27.7 Å². The number of sulfonamides is 1. The van der Waals surface area contributed by atoms with Crippen LogP contribution in [0.2, 0.25) is 5.02 Å². The van der Waals surface area contributed by atoms with Gasteiger partial charge in [-0.2, -0.15) is 4.31 Å². The Bertz CT molecular complexity index is 1020. The van der Waals surface area contributed by atoms with Gasteiger partial charge in [0, 0.05) is 30.6 Å². The third-order valence-corrected chi connectivity index (χ3v) is 6.77. The molecule has 1 aliphatic heterocycles. The highest BCUT2D eigenvalue weighted by atomic mass is 35.5. The summed E-state index contributed by atoms with van der Waals surface area (Å²) in [6, 6.07) is 4.34. The SMILES string of the molecule is COCC(=O)C1CCN(S(=O)(=O)c2cccc3c(=O)[nH]cc(Cl)c23)[C@H]1N. The molecule has 26 heavy (non-hydrogen) atoms. The first kappa shape index (κ1) is 19.0. The largest absolute Gasteiger partial charge is 0.377 e. The molecule has 0 saturated carbocycles. The van der Waals surface area contributed by atoms with Gasteiger partial charge in [-0.25, -0.2) is 8.42 Å². The molecule has 10 heteroatoms. The minimum Gasteiger partial charge on any atom is -0.377 e. The van der Waals surface area contributed by atoms with Crippen LogP contribution in [0, 0.1) is 5.92 Å². The van der Waals surface area contributed by atoms with Gasteiger partial charge in [-0.15, -0.1) is 0 Å². The van der Waals surface area contributed by atoms with E-state index in [0.29, 0.717) is 6.42 Å². The number of pyridine rings is 1. The van der Waals surface area contributed by atoms with Crippen LogP contribution in [0.15, 0.2) is 34.1 Å². The lowest BCUT2D eigenvalue weighted by atomic mass is 10.0. The molecule has 0 spiro atoms. The van der Waals surface area contributed by atoms with Crippen molar-refractivity contribution >= 4 is 38.2 Å². The Morgan fingerprint density at radius 3 is 2.88 bits per heavy atom. The number of halogens is 1. The van der Waals surface area contributed by atoms with Crippen LogP contribution in [0.1, 0.15) is 6.42 Å². The van der Waals surface area contributed by atoms with E-state index in [2.05, 4.69) is 4.98 Å². The van der Waals surface area contributed by atoms with Gasteiger partial charge in [-0.05, 0) is 18.6 Å². The fourth-order valence-corrected chi connectivity index (χ4v) is 5.36. The Labute approximate surface area is 154 Å². The van der Waals surface area contributed by atoms with E-state index in [-0.39, 0.29) is 39.6 Å². The van der Waals surface area contributed by atoms with Crippen molar-refractivity contribution in [2.75, 3.05) is 20.3 Å². The fourth-order valence-electron chi connectivity index (χ4n) is 3.25. The van der Waals surface area contributed by atoms with Crippen LogP contribution in [-0.4, -0.2) is 49.9 Å². The number of aromatic nitrogens is 1. The second kappa shape index (κ2) is 7.09. The molecule has 0 bridgehead atoms. The molecule has 3 rings (SSSR count). The second-order valence-corrected chi connectivity index (χ2v) is 8.31. The number of hydrogen-bond donors (Lipinski definition) is 2. The Kier molecular flexibility index (Phi) is 5.18. The number of hydrogen-bond acceptors (Lipinski definition) is 6. The zero-order valence-electron chi connectivity index (χ0n) is 13.9. The molecule has 1 saturated heterocycles. The van der Waals surface area contributed by atoms with Gasteiger partial charge in [0.25, 0.3) is 5.56 Å². The maximum absolute atomic E-state index is 13.2. The number of rotatable bonds is 5. The number of benzene rings is 1. The summed E-state index contributed by atoms with van der Waals surface area (Å²) in [4.78, 5) is 26.4. The maximum atomic E-state index is 13.2. The summed E-state index contributed by atoms with van der Waals surface area (Å²) in [5.74, 6) is -0.885. The first-order valence-corrected chi connectivity index (χ1v) is 9.70. The highest BCUT2D eigenvalue weighted by Crippen LogP contribution is 2.33. The molecule has 1 aliphatic rings. The van der Waals surface area contributed by atoms with E-state index in [9.17, 15) is 18.0 Å². The molecule has 140 valence electrons. The summed E-state index contributed by atoms with van der Waals surface area (Å²) in [5.41, 5.74) is 5.62. The van der Waals surface area contributed by atoms with Crippen molar-refractivity contribution < 1.29 is 17.9 Å². The van der Waals surface area contributed by atoms with E-state index >= 15 is 0 Å². The number of fused-ring (bicyclic) bond motifs is 1. The average Bonchev–Trinajstić information content (AvgIpc) is 3.00. The van der Waals surface area contributed by atoms with Gasteiger partial charge in [0.05, 0.1) is 22.0 Å². The molecule has 1 aromatic carbocycles. The number of ketones is 1. The molecule has 2 heterocycles. The van der Waals surface area contributed by atoms with Crippen molar-refractivity contribution in [1.82, 2.24) is 9.29 Å². The van der Waals surface area contributed by atoms with Crippen LogP contribution >= 0.6 is 11.6 Å². The van der Waals surface area contributed by atoms with Crippen molar-refractivity contribution in [3.05, 3.63) is 39.8 Å². The third kappa shape index (κ3) is 3.06. The summed E-state index contributed by atoms with van der Waals surface area (Å²) < 4.78 is 32.3. The van der Waals surface area contributed by atoms with Gasteiger partial charge in [-0.1, -0.05) is 17.7 Å². The highest BCUT2D eigenvalue weighted by molar-refractivity contribution is 7.89. The summed E-state index contributed by atoms with van der Waals surface area (Å²) in [7, 11) is -2.67. The molecule has 1 aromatic heterocycles.